The molecule has 0 bridgehead atoms. The zero-order valence-corrected chi connectivity index (χ0v) is 17.6. The third kappa shape index (κ3) is 4.62. The molecule has 0 aliphatic carbocycles. The SMILES string of the molecule is CCN(CC)C(=O)c1cc(-c2ccnc(Oc3ccccc3)n2)n(C(C)(C)C)n1. The van der Waals surface area contributed by atoms with Crippen molar-refractivity contribution in [3.63, 3.8) is 0 Å². The summed E-state index contributed by atoms with van der Waals surface area (Å²) in [4.78, 5) is 23.3. The molecule has 3 rings (SSSR count). The fourth-order valence-electron chi connectivity index (χ4n) is 2.98. The number of para-hydroxylation sites is 1. The molecule has 0 N–H and O–H groups in total. The Morgan fingerprint density at radius 3 is 2.41 bits per heavy atom. The fourth-order valence-corrected chi connectivity index (χ4v) is 2.98. The van der Waals surface area contributed by atoms with E-state index in [-0.39, 0.29) is 17.5 Å². The van der Waals surface area contributed by atoms with Crippen LogP contribution < -0.4 is 4.74 Å². The van der Waals surface area contributed by atoms with Gasteiger partial charge in [0.1, 0.15) is 5.75 Å². The summed E-state index contributed by atoms with van der Waals surface area (Å²) in [5.74, 6) is 0.570. The molecule has 0 radical (unpaired) electrons. The van der Waals surface area contributed by atoms with Crippen molar-refractivity contribution >= 4 is 5.91 Å². The molecule has 0 aliphatic rings. The van der Waals surface area contributed by atoms with Crippen molar-refractivity contribution in [2.24, 2.45) is 0 Å². The summed E-state index contributed by atoms with van der Waals surface area (Å²) in [6, 6.07) is 13.2. The fraction of sp³-hybridized carbons (Fsp3) is 0.364. The number of rotatable bonds is 6. The minimum absolute atomic E-state index is 0.0888. The van der Waals surface area contributed by atoms with Gasteiger partial charge in [0, 0.05) is 19.3 Å². The largest absolute Gasteiger partial charge is 0.424 e. The summed E-state index contributed by atoms with van der Waals surface area (Å²) in [7, 11) is 0. The van der Waals surface area contributed by atoms with Crippen molar-refractivity contribution in [1.29, 1.82) is 0 Å². The number of carbonyl (C=O) groups excluding carboxylic acids is 1. The maximum absolute atomic E-state index is 12.8. The van der Waals surface area contributed by atoms with Gasteiger partial charge >= 0.3 is 6.01 Å². The predicted octanol–water partition coefficient (Wildman–Crippen LogP) is 4.37. The van der Waals surface area contributed by atoms with Crippen LogP contribution in [0.2, 0.25) is 0 Å². The van der Waals surface area contributed by atoms with Gasteiger partial charge in [-0.2, -0.15) is 10.1 Å². The highest BCUT2D eigenvalue weighted by Crippen LogP contribution is 2.27. The second-order valence-electron chi connectivity index (χ2n) is 7.61. The molecular formula is C22H27N5O2. The lowest BCUT2D eigenvalue weighted by Gasteiger charge is -2.22. The first-order valence-corrected chi connectivity index (χ1v) is 9.79. The highest BCUT2D eigenvalue weighted by atomic mass is 16.5. The van der Waals surface area contributed by atoms with E-state index in [0.717, 1.165) is 5.69 Å². The van der Waals surface area contributed by atoms with Crippen LogP contribution in [0, 0.1) is 0 Å². The van der Waals surface area contributed by atoms with E-state index in [2.05, 4.69) is 15.1 Å². The number of amides is 1. The first kappa shape index (κ1) is 20.5. The number of benzene rings is 1. The molecule has 0 spiro atoms. The van der Waals surface area contributed by atoms with E-state index in [9.17, 15) is 4.79 Å². The Hall–Kier alpha value is -3.22. The number of nitrogens with zero attached hydrogens (tertiary/aromatic N) is 5. The van der Waals surface area contributed by atoms with E-state index in [1.165, 1.54) is 0 Å². The lowest BCUT2D eigenvalue weighted by Crippen LogP contribution is -2.31. The van der Waals surface area contributed by atoms with Gasteiger partial charge in [0.2, 0.25) is 0 Å². The van der Waals surface area contributed by atoms with Crippen molar-refractivity contribution in [3.8, 4) is 23.1 Å². The molecular weight excluding hydrogens is 366 g/mol. The molecule has 29 heavy (non-hydrogen) atoms. The van der Waals surface area contributed by atoms with Crippen molar-refractivity contribution in [3.05, 3.63) is 54.4 Å². The van der Waals surface area contributed by atoms with Gasteiger partial charge in [-0.25, -0.2) is 4.98 Å². The van der Waals surface area contributed by atoms with E-state index >= 15 is 0 Å². The zero-order chi connectivity index (χ0) is 21.0. The molecule has 0 saturated carbocycles. The first-order chi connectivity index (χ1) is 13.8. The lowest BCUT2D eigenvalue weighted by molar-refractivity contribution is 0.0765. The summed E-state index contributed by atoms with van der Waals surface area (Å²) in [5.41, 5.74) is 1.46. The molecule has 2 heterocycles. The maximum atomic E-state index is 12.8. The van der Waals surface area contributed by atoms with E-state index in [1.807, 2.05) is 69.6 Å². The standard InChI is InChI=1S/C22H27N5O2/c1-6-26(7-2)20(28)18-15-19(27(25-18)22(3,4)5)17-13-14-23-21(24-17)29-16-11-9-8-10-12-16/h8-15H,6-7H2,1-5H3. The van der Waals surface area contributed by atoms with Crippen LogP contribution in [-0.4, -0.2) is 43.6 Å². The van der Waals surface area contributed by atoms with Gasteiger partial charge in [0.25, 0.3) is 5.91 Å². The smallest absolute Gasteiger partial charge is 0.322 e. The Bertz CT molecular complexity index is 972. The van der Waals surface area contributed by atoms with E-state index in [1.54, 1.807) is 23.2 Å². The third-order valence-corrected chi connectivity index (χ3v) is 4.46. The second kappa shape index (κ2) is 8.43. The quantitative estimate of drug-likeness (QED) is 0.622. The Morgan fingerprint density at radius 1 is 1.10 bits per heavy atom. The molecule has 0 atom stereocenters. The van der Waals surface area contributed by atoms with Crippen LogP contribution >= 0.6 is 0 Å². The van der Waals surface area contributed by atoms with Gasteiger partial charge < -0.3 is 9.64 Å². The molecule has 7 heteroatoms. The topological polar surface area (TPSA) is 73.1 Å². The molecule has 1 amide bonds. The highest BCUT2D eigenvalue weighted by molar-refractivity contribution is 5.93. The number of ether oxygens (including phenoxy) is 1. The molecule has 0 unspecified atom stereocenters. The minimum atomic E-state index is -0.331. The van der Waals surface area contributed by atoms with Gasteiger partial charge in [-0.1, -0.05) is 18.2 Å². The van der Waals surface area contributed by atoms with Crippen molar-refractivity contribution in [2.45, 2.75) is 40.2 Å². The Kier molecular flexibility index (Phi) is 5.96. The lowest BCUT2D eigenvalue weighted by atomic mass is 10.1. The Morgan fingerprint density at radius 2 is 1.79 bits per heavy atom. The van der Waals surface area contributed by atoms with Crippen LogP contribution in [0.3, 0.4) is 0 Å². The number of hydrogen-bond donors (Lipinski definition) is 0. The average Bonchev–Trinajstić information content (AvgIpc) is 3.16. The first-order valence-electron chi connectivity index (χ1n) is 9.79. The molecule has 7 nitrogen and oxygen atoms in total. The van der Waals surface area contributed by atoms with Crippen molar-refractivity contribution in [1.82, 2.24) is 24.6 Å². The van der Waals surface area contributed by atoms with Gasteiger partial charge in [-0.05, 0) is 58.9 Å². The summed E-state index contributed by atoms with van der Waals surface area (Å²) in [6.45, 7) is 11.3. The van der Waals surface area contributed by atoms with Crippen LogP contribution in [0.25, 0.3) is 11.4 Å². The normalized spacial score (nSPS) is 11.3. The van der Waals surface area contributed by atoms with E-state index < -0.39 is 0 Å². The number of carbonyl (C=O) groups is 1. The Balaban J connectivity index is 2.01. The summed E-state index contributed by atoms with van der Waals surface area (Å²) >= 11 is 0. The van der Waals surface area contributed by atoms with Gasteiger partial charge in [0.05, 0.1) is 16.9 Å². The van der Waals surface area contributed by atoms with Gasteiger partial charge in [-0.3, -0.25) is 9.48 Å². The van der Waals surface area contributed by atoms with Crippen LogP contribution in [0.15, 0.2) is 48.7 Å². The van der Waals surface area contributed by atoms with Crippen LogP contribution in [0.1, 0.15) is 45.1 Å². The minimum Gasteiger partial charge on any atom is -0.424 e. The molecule has 152 valence electrons. The molecule has 0 aliphatic heterocycles. The summed E-state index contributed by atoms with van der Waals surface area (Å²) in [6.07, 6.45) is 1.65. The van der Waals surface area contributed by atoms with Gasteiger partial charge in [-0.15, -0.1) is 0 Å². The Labute approximate surface area is 171 Å². The number of hydrogen-bond acceptors (Lipinski definition) is 5. The predicted molar refractivity (Wildman–Crippen MR) is 112 cm³/mol. The van der Waals surface area contributed by atoms with E-state index in [4.69, 9.17) is 4.74 Å². The molecule has 3 aromatic rings. The van der Waals surface area contributed by atoms with Crippen LogP contribution in [0.5, 0.6) is 11.8 Å². The third-order valence-electron chi connectivity index (χ3n) is 4.46. The monoisotopic (exact) mass is 393 g/mol. The summed E-state index contributed by atoms with van der Waals surface area (Å²) < 4.78 is 7.60. The van der Waals surface area contributed by atoms with Crippen LogP contribution in [-0.2, 0) is 5.54 Å². The van der Waals surface area contributed by atoms with Crippen molar-refractivity contribution in [2.75, 3.05) is 13.1 Å². The maximum Gasteiger partial charge on any atom is 0.322 e. The molecule has 1 aromatic carbocycles. The summed E-state index contributed by atoms with van der Waals surface area (Å²) in [5, 5.41) is 4.61. The van der Waals surface area contributed by atoms with Crippen LogP contribution in [0.4, 0.5) is 0 Å². The number of aromatic nitrogens is 4. The second-order valence-corrected chi connectivity index (χ2v) is 7.61. The molecule has 2 aromatic heterocycles. The average molecular weight is 393 g/mol. The van der Waals surface area contributed by atoms with Gasteiger partial charge in [0.15, 0.2) is 5.69 Å². The van der Waals surface area contributed by atoms with Crippen molar-refractivity contribution < 1.29 is 9.53 Å². The highest BCUT2D eigenvalue weighted by Gasteiger charge is 2.25. The van der Waals surface area contributed by atoms with E-state index in [0.29, 0.717) is 30.2 Å². The molecule has 0 fully saturated rings. The molecule has 0 saturated heterocycles. The zero-order valence-electron chi connectivity index (χ0n) is 17.6.